The average molecular weight is 291 g/mol. The number of H-pyrrole nitrogens is 1. The first kappa shape index (κ1) is 12.9. The Hall–Kier alpha value is -2.15. The van der Waals surface area contributed by atoms with Crippen molar-refractivity contribution in [3.05, 3.63) is 29.3 Å². The number of aromatic amines is 1. The molecule has 1 fully saturated rings. The molecule has 2 heterocycles. The van der Waals surface area contributed by atoms with Crippen molar-refractivity contribution in [2.45, 2.75) is 18.9 Å². The zero-order valence-corrected chi connectivity index (χ0v) is 11.3. The molecule has 1 amide bonds. The van der Waals surface area contributed by atoms with E-state index in [2.05, 4.69) is 15.5 Å². The van der Waals surface area contributed by atoms with Crippen LogP contribution in [-0.2, 0) is 4.79 Å². The van der Waals surface area contributed by atoms with Gasteiger partial charge in [0.1, 0.15) is 6.04 Å². The van der Waals surface area contributed by atoms with Gasteiger partial charge in [-0.2, -0.15) is 5.10 Å². The van der Waals surface area contributed by atoms with Crippen molar-refractivity contribution in [1.29, 1.82) is 0 Å². The molecule has 3 N–H and O–H groups in total. The standard InChI is InChI=1S/C13H13N3O3S/c17-12(14-11(13(18)19)7-3-4-7)9-6-8(15-16-9)10-2-1-5-20-10/h1-2,5-7,11H,3-4H2,(H,14,17)(H,15,16)(H,18,19). The van der Waals surface area contributed by atoms with Gasteiger partial charge in [-0.15, -0.1) is 11.3 Å². The quantitative estimate of drug-likeness (QED) is 0.781. The van der Waals surface area contributed by atoms with Crippen LogP contribution in [-0.4, -0.2) is 33.2 Å². The highest BCUT2D eigenvalue weighted by Crippen LogP contribution is 2.33. The zero-order valence-electron chi connectivity index (χ0n) is 10.5. The SMILES string of the molecule is O=C(NC(C(=O)O)C1CC1)c1cc(-c2cccs2)[nH]n1. The van der Waals surface area contributed by atoms with Crippen molar-refractivity contribution in [2.24, 2.45) is 5.92 Å². The molecule has 0 spiro atoms. The molecule has 3 rings (SSSR count). The molecule has 1 saturated carbocycles. The number of hydrogen-bond donors (Lipinski definition) is 3. The van der Waals surface area contributed by atoms with E-state index in [1.54, 1.807) is 6.07 Å². The molecule has 0 aliphatic heterocycles. The maximum absolute atomic E-state index is 12.0. The summed E-state index contributed by atoms with van der Waals surface area (Å²) in [6, 6.07) is 4.65. The second kappa shape index (κ2) is 5.09. The van der Waals surface area contributed by atoms with Crippen molar-refractivity contribution in [2.75, 3.05) is 0 Å². The van der Waals surface area contributed by atoms with E-state index in [-0.39, 0.29) is 11.6 Å². The molecule has 1 atom stereocenters. The first-order chi connectivity index (χ1) is 9.65. The summed E-state index contributed by atoms with van der Waals surface area (Å²) < 4.78 is 0. The Labute approximate surface area is 118 Å². The zero-order chi connectivity index (χ0) is 14.1. The first-order valence-corrected chi connectivity index (χ1v) is 7.16. The number of hydrogen-bond acceptors (Lipinski definition) is 4. The van der Waals surface area contributed by atoms with Crippen LogP contribution in [0.5, 0.6) is 0 Å². The van der Waals surface area contributed by atoms with Gasteiger partial charge in [-0.25, -0.2) is 4.79 Å². The molecule has 2 aromatic heterocycles. The molecule has 1 aliphatic carbocycles. The maximum Gasteiger partial charge on any atom is 0.326 e. The Kier molecular flexibility index (Phi) is 3.27. The summed E-state index contributed by atoms with van der Waals surface area (Å²) in [5, 5.41) is 20.3. The van der Waals surface area contributed by atoms with E-state index in [4.69, 9.17) is 5.11 Å². The predicted molar refractivity (Wildman–Crippen MR) is 73.5 cm³/mol. The minimum absolute atomic E-state index is 0.0483. The highest BCUT2D eigenvalue weighted by molar-refractivity contribution is 7.13. The van der Waals surface area contributed by atoms with Crippen LogP contribution in [0.2, 0.25) is 0 Å². The number of nitrogens with zero attached hydrogens (tertiary/aromatic N) is 1. The third kappa shape index (κ3) is 2.57. The van der Waals surface area contributed by atoms with E-state index in [0.29, 0.717) is 0 Å². The van der Waals surface area contributed by atoms with E-state index < -0.39 is 17.9 Å². The second-order valence-corrected chi connectivity index (χ2v) is 5.72. The number of aliphatic carboxylic acids is 1. The highest BCUT2D eigenvalue weighted by Gasteiger charge is 2.37. The average Bonchev–Trinajstić information content (AvgIpc) is 2.94. The van der Waals surface area contributed by atoms with Crippen molar-refractivity contribution < 1.29 is 14.7 Å². The number of carbonyl (C=O) groups excluding carboxylic acids is 1. The lowest BCUT2D eigenvalue weighted by Gasteiger charge is -2.11. The summed E-state index contributed by atoms with van der Waals surface area (Å²) in [7, 11) is 0. The molecule has 1 unspecified atom stereocenters. The fourth-order valence-corrected chi connectivity index (χ4v) is 2.71. The number of carboxylic acid groups (broad SMARTS) is 1. The minimum Gasteiger partial charge on any atom is -0.480 e. The second-order valence-electron chi connectivity index (χ2n) is 4.77. The van der Waals surface area contributed by atoms with Crippen LogP contribution in [0.25, 0.3) is 10.6 Å². The van der Waals surface area contributed by atoms with E-state index in [1.165, 1.54) is 11.3 Å². The largest absolute Gasteiger partial charge is 0.480 e. The lowest BCUT2D eigenvalue weighted by molar-refractivity contribution is -0.139. The third-order valence-corrected chi connectivity index (χ3v) is 4.15. The van der Waals surface area contributed by atoms with Crippen molar-refractivity contribution in [1.82, 2.24) is 15.5 Å². The van der Waals surface area contributed by atoms with Crippen LogP contribution in [0.1, 0.15) is 23.3 Å². The molecule has 104 valence electrons. The lowest BCUT2D eigenvalue weighted by atomic mass is 10.2. The monoisotopic (exact) mass is 291 g/mol. The molecule has 20 heavy (non-hydrogen) atoms. The summed E-state index contributed by atoms with van der Waals surface area (Å²) in [5.41, 5.74) is 0.962. The van der Waals surface area contributed by atoms with Crippen molar-refractivity contribution in [3.8, 4) is 10.6 Å². The summed E-state index contributed by atoms with van der Waals surface area (Å²) in [6.45, 7) is 0. The summed E-state index contributed by atoms with van der Waals surface area (Å²) in [4.78, 5) is 24.1. The van der Waals surface area contributed by atoms with Crippen LogP contribution in [0.3, 0.4) is 0 Å². The van der Waals surface area contributed by atoms with Gasteiger partial charge >= 0.3 is 5.97 Å². The summed E-state index contributed by atoms with van der Waals surface area (Å²) in [6.07, 6.45) is 1.69. The van der Waals surface area contributed by atoms with Gasteiger partial charge < -0.3 is 10.4 Å². The fraction of sp³-hybridized carbons (Fsp3) is 0.308. The molecule has 2 aromatic rings. The molecule has 1 aliphatic rings. The van der Waals surface area contributed by atoms with Gasteiger partial charge in [-0.05, 0) is 36.3 Å². The molecule has 0 bridgehead atoms. The van der Waals surface area contributed by atoms with Crippen LogP contribution < -0.4 is 5.32 Å². The van der Waals surface area contributed by atoms with Crippen LogP contribution in [0.15, 0.2) is 23.6 Å². The number of carboxylic acids is 1. The molecule has 0 saturated heterocycles. The van der Waals surface area contributed by atoms with E-state index in [9.17, 15) is 9.59 Å². The van der Waals surface area contributed by atoms with Gasteiger partial charge in [0.25, 0.3) is 5.91 Å². The number of carbonyl (C=O) groups is 2. The number of rotatable bonds is 5. The van der Waals surface area contributed by atoms with E-state index >= 15 is 0 Å². The first-order valence-electron chi connectivity index (χ1n) is 6.28. The van der Waals surface area contributed by atoms with Gasteiger partial charge in [0, 0.05) is 0 Å². The minimum atomic E-state index is -0.991. The Bertz CT molecular complexity index is 631. The van der Waals surface area contributed by atoms with Crippen molar-refractivity contribution >= 4 is 23.2 Å². The van der Waals surface area contributed by atoms with Crippen LogP contribution in [0.4, 0.5) is 0 Å². The Balaban J connectivity index is 1.72. The summed E-state index contributed by atoms with van der Waals surface area (Å²) in [5.74, 6) is -1.40. The Morgan fingerprint density at radius 1 is 1.50 bits per heavy atom. The molecule has 6 nitrogen and oxygen atoms in total. The molecule has 0 radical (unpaired) electrons. The third-order valence-electron chi connectivity index (χ3n) is 3.24. The van der Waals surface area contributed by atoms with Crippen LogP contribution >= 0.6 is 11.3 Å². The van der Waals surface area contributed by atoms with E-state index in [0.717, 1.165) is 23.4 Å². The van der Waals surface area contributed by atoms with Gasteiger partial charge in [0.15, 0.2) is 5.69 Å². The van der Waals surface area contributed by atoms with Gasteiger partial charge in [0.2, 0.25) is 0 Å². The highest BCUT2D eigenvalue weighted by atomic mass is 32.1. The summed E-state index contributed by atoms with van der Waals surface area (Å²) >= 11 is 1.54. The van der Waals surface area contributed by atoms with Crippen LogP contribution in [0, 0.1) is 5.92 Å². The van der Waals surface area contributed by atoms with Gasteiger partial charge in [0.05, 0.1) is 10.6 Å². The van der Waals surface area contributed by atoms with Gasteiger partial charge in [-0.1, -0.05) is 6.07 Å². The predicted octanol–water partition coefficient (Wildman–Crippen LogP) is 1.73. The normalized spacial score (nSPS) is 15.8. The number of aromatic nitrogens is 2. The molecular formula is C13H13N3O3S. The molecule has 7 heteroatoms. The van der Waals surface area contributed by atoms with Crippen molar-refractivity contribution in [3.63, 3.8) is 0 Å². The smallest absolute Gasteiger partial charge is 0.326 e. The Morgan fingerprint density at radius 3 is 2.90 bits per heavy atom. The maximum atomic E-state index is 12.0. The number of nitrogens with one attached hydrogen (secondary N) is 2. The number of amides is 1. The van der Waals surface area contributed by atoms with Gasteiger partial charge in [-0.3, -0.25) is 9.89 Å². The number of thiophene rings is 1. The fourth-order valence-electron chi connectivity index (χ4n) is 2.02. The Morgan fingerprint density at radius 2 is 2.30 bits per heavy atom. The lowest BCUT2D eigenvalue weighted by Crippen LogP contribution is -2.42. The molecule has 0 aromatic carbocycles. The van der Waals surface area contributed by atoms with E-state index in [1.807, 2.05) is 17.5 Å². The topological polar surface area (TPSA) is 95.1 Å². The molecular weight excluding hydrogens is 278 g/mol.